The molecule has 0 unspecified atom stereocenters. The molecule has 130 valence electrons. The molecule has 23 heavy (non-hydrogen) atoms. The second-order valence-corrected chi connectivity index (χ2v) is 6.50. The van der Waals surface area contributed by atoms with Gasteiger partial charge >= 0.3 is 0 Å². The van der Waals surface area contributed by atoms with Gasteiger partial charge in [0.05, 0.1) is 12.2 Å². The number of Topliss-reactive ketones (excluding diaryl/α,β-unsaturated/α-hetero) is 1. The van der Waals surface area contributed by atoms with E-state index in [0.717, 1.165) is 29.7 Å². The first-order chi connectivity index (χ1) is 11.2. The minimum Gasteiger partial charge on any atom is -0.493 e. The molecule has 0 amide bonds. The lowest BCUT2D eigenvalue weighted by Gasteiger charge is -2.11. The van der Waals surface area contributed by atoms with E-state index in [9.17, 15) is 4.79 Å². The molecular weight excluding hydrogens is 284 g/mol. The Labute approximate surface area is 142 Å². The SMILES string of the molecule is CCCCCCCCCCOc1cc(C)ccc1C(=O)CCC. The number of carbonyl (C=O) groups excluding carboxylic acids is 1. The highest BCUT2D eigenvalue weighted by Crippen LogP contribution is 2.23. The van der Waals surface area contributed by atoms with Crippen LogP contribution in [0.2, 0.25) is 0 Å². The molecule has 0 spiro atoms. The van der Waals surface area contributed by atoms with Crippen LogP contribution in [0.3, 0.4) is 0 Å². The summed E-state index contributed by atoms with van der Waals surface area (Å²) in [7, 11) is 0. The second-order valence-electron chi connectivity index (χ2n) is 6.50. The van der Waals surface area contributed by atoms with Gasteiger partial charge in [-0.1, -0.05) is 64.9 Å². The molecule has 0 N–H and O–H groups in total. The Hall–Kier alpha value is -1.31. The zero-order valence-electron chi connectivity index (χ0n) is 15.3. The van der Waals surface area contributed by atoms with E-state index in [1.54, 1.807) is 0 Å². The lowest BCUT2D eigenvalue weighted by atomic mass is 10.0. The van der Waals surface area contributed by atoms with Crippen molar-refractivity contribution in [2.75, 3.05) is 6.61 Å². The summed E-state index contributed by atoms with van der Waals surface area (Å²) in [6.45, 7) is 7.04. The minimum atomic E-state index is 0.193. The average molecular weight is 319 g/mol. The van der Waals surface area contributed by atoms with E-state index in [4.69, 9.17) is 4.74 Å². The van der Waals surface area contributed by atoms with Crippen LogP contribution in [0.15, 0.2) is 18.2 Å². The Morgan fingerprint density at radius 3 is 2.22 bits per heavy atom. The van der Waals surface area contributed by atoms with Crippen molar-refractivity contribution in [2.45, 2.75) is 85.0 Å². The van der Waals surface area contributed by atoms with Gasteiger partial charge in [-0.3, -0.25) is 4.79 Å². The van der Waals surface area contributed by atoms with Gasteiger partial charge in [0.1, 0.15) is 5.75 Å². The van der Waals surface area contributed by atoms with Gasteiger partial charge in [-0.25, -0.2) is 0 Å². The molecule has 1 rings (SSSR count). The average Bonchev–Trinajstić information content (AvgIpc) is 2.53. The maximum atomic E-state index is 12.2. The van der Waals surface area contributed by atoms with Crippen LogP contribution >= 0.6 is 0 Å². The Balaban J connectivity index is 2.31. The van der Waals surface area contributed by atoms with Gasteiger partial charge in [0.25, 0.3) is 0 Å². The molecule has 0 fully saturated rings. The van der Waals surface area contributed by atoms with Crippen LogP contribution in [0.1, 0.15) is 94.0 Å². The molecule has 0 bridgehead atoms. The van der Waals surface area contributed by atoms with Crippen LogP contribution in [0.5, 0.6) is 5.75 Å². The van der Waals surface area contributed by atoms with E-state index in [-0.39, 0.29) is 5.78 Å². The van der Waals surface area contributed by atoms with E-state index in [1.165, 1.54) is 44.9 Å². The van der Waals surface area contributed by atoms with E-state index >= 15 is 0 Å². The first kappa shape index (κ1) is 19.7. The summed E-state index contributed by atoms with van der Waals surface area (Å²) < 4.78 is 5.91. The summed E-state index contributed by atoms with van der Waals surface area (Å²) in [5.41, 5.74) is 1.89. The fourth-order valence-electron chi connectivity index (χ4n) is 2.76. The Kier molecular flexibility index (Phi) is 10.4. The van der Waals surface area contributed by atoms with Crippen LogP contribution in [0, 0.1) is 6.92 Å². The number of benzene rings is 1. The predicted molar refractivity (Wildman–Crippen MR) is 98.5 cm³/mol. The lowest BCUT2D eigenvalue weighted by molar-refractivity contribution is 0.0977. The van der Waals surface area contributed by atoms with Crippen molar-refractivity contribution >= 4 is 5.78 Å². The third-order valence-electron chi connectivity index (χ3n) is 4.17. The van der Waals surface area contributed by atoms with Crippen molar-refractivity contribution < 1.29 is 9.53 Å². The third kappa shape index (κ3) is 8.20. The van der Waals surface area contributed by atoms with E-state index in [2.05, 4.69) is 6.92 Å². The Bertz CT molecular complexity index is 451. The number of aryl methyl sites for hydroxylation is 1. The molecule has 0 atom stereocenters. The number of rotatable bonds is 13. The Morgan fingerprint density at radius 1 is 0.913 bits per heavy atom. The van der Waals surface area contributed by atoms with Crippen LogP contribution in [-0.4, -0.2) is 12.4 Å². The van der Waals surface area contributed by atoms with Gasteiger partial charge in [0, 0.05) is 6.42 Å². The summed E-state index contributed by atoms with van der Waals surface area (Å²) >= 11 is 0. The number of carbonyl (C=O) groups is 1. The number of hydrogen-bond donors (Lipinski definition) is 0. The van der Waals surface area contributed by atoms with Crippen LogP contribution < -0.4 is 4.74 Å². The largest absolute Gasteiger partial charge is 0.493 e. The van der Waals surface area contributed by atoms with Gasteiger partial charge in [-0.05, 0) is 37.5 Å². The van der Waals surface area contributed by atoms with Gasteiger partial charge in [0.15, 0.2) is 5.78 Å². The van der Waals surface area contributed by atoms with Gasteiger partial charge < -0.3 is 4.74 Å². The molecule has 0 saturated carbocycles. The summed E-state index contributed by atoms with van der Waals surface area (Å²) in [5.74, 6) is 0.963. The molecule has 0 aliphatic rings. The number of hydrogen-bond acceptors (Lipinski definition) is 2. The van der Waals surface area contributed by atoms with Gasteiger partial charge in [0.2, 0.25) is 0 Å². The highest BCUT2D eigenvalue weighted by molar-refractivity contribution is 5.98. The number of unbranched alkanes of at least 4 members (excludes halogenated alkanes) is 7. The Morgan fingerprint density at radius 2 is 1.57 bits per heavy atom. The first-order valence-electron chi connectivity index (χ1n) is 9.45. The quantitative estimate of drug-likeness (QED) is 0.306. The normalized spacial score (nSPS) is 10.7. The van der Waals surface area contributed by atoms with Crippen molar-refractivity contribution in [3.8, 4) is 5.75 Å². The standard InChI is InChI=1S/C21H34O2/c1-4-6-7-8-9-10-11-12-16-23-21-17-18(3)14-15-19(21)20(22)13-5-2/h14-15,17H,4-13,16H2,1-3H3. The zero-order chi connectivity index (χ0) is 16.9. The van der Waals surface area contributed by atoms with Crippen LogP contribution in [0.4, 0.5) is 0 Å². The summed E-state index contributed by atoms with van der Waals surface area (Å²) in [6, 6.07) is 5.90. The third-order valence-corrected chi connectivity index (χ3v) is 4.17. The molecule has 0 heterocycles. The van der Waals surface area contributed by atoms with Crippen LogP contribution in [0.25, 0.3) is 0 Å². The molecular formula is C21H34O2. The number of ketones is 1. The minimum absolute atomic E-state index is 0.193. The smallest absolute Gasteiger partial charge is 0.166 e. The van der Waals surface area contributed by atoms with Crippen LogP contribution in [-0.2, 0) is 0 Å². The van der Waals surface area contributed by atoms with E-state index in [1.807, 2.05) is 32.0 Å². The highest BCUT2D eigenvalue weighted by atomic mass is 16.5. The molecule has 2 nitrogen and oxygen atoms in total. The number of ether oxygens (including phenoxy) is 1. The topological polar surface area (TPSA) is 26.3 Å². The monoisotopic (exact) mass is 318 g/mol. The molecule has 0 aliphatic heterocycles. The molecule has 1 aromatic rings. The highest BCUT2D eigenvalue weighted by Gasteiger charge is 2.11. The maximum Gasteiger partial charge on any atom is 0.166 e. The fraction of sp³-hybridized carbons (Fsp3) is 0.667. The summed E-state index contributed by atoms with van der Waals surface area (Å²) in [6.07, 6.45) is 11.8. The molecule has 0 radical (unpaired) electrons. The molecule has 2 heteroatoms. The van der Waals surface area contributed by atoms with E-state index < -0.39 is 0 Å². The van der Waals surface area contributed by atoms with Crippen molar-refractivity contribution in [2.24, 2.45) is 0 Å². The molecule has 1 aromatic carbocycles. The van der Waals surface area contributed by atoms with E-state index in [0.29, 0.717) is 13.0 Å². The summed E-state index contributed by atoms with van der Waals surface area (Å²) in [5, 5.41) is 0. The first-order valence-corrected chi connectivity index (χ1v) is 9.45. The molecule has 0 saturated heterocycles. The fourth-order valence-corrected chi connectivity index (χ4v) is 2.76. The van der Waals surface area contributed by atoms with Crippen molar-refractivity contribution in [3.05, 3.63) is 29.3 Å². The van der Waals surface area contributed by atoms with Crippen molar-refractivity contribution in [3.63, 3.8) is 0 Å². The maximum absolute atomic E-state index is 12.2. The van der Waals surface area contributed by atoms with Gasteiger partial charge in [-0.2, -0.15) is 0 Å². The zero-order valence-corrected chi connectivity index (χ0v) is 15.3. The molecule has 0 aromatic heterocycles. The van der Waals surface area contributed by atoms with Crippen molar-refractivity contribution in [1.82, 2.24) is 0 Å². The lowest BCUT2D eigenvalue weighted by Crippen LogP contribution is -2.05. The predicted octanol–water partition coefficient (Wildman–Crippen LogP) is 6.50. The van der Waals surface area contributed by atoms with Crippen molar-refractivity contribution in [1.29, 1.82) is 0 Å². The molecule has 0 aliphatic carbocycles. The second kappa shape index (κ2) is 12.2. The summed E-state index contributed by atoms with van der Waals surface area (Å²) in [4.78, 5) is 12.2. The van der Waals surface area contributed by atoms with Gasteiger partial charge in [-0.15, -0.1) is 0 Å².